The first-order valence-corrected chi connectivity index (χ1v) is 5.20. The van der Waals surface area contributed by atoms with E-state index in [0.717, 1.165) is 0 Å². The topological polar surface area (TPSA) is 76.7 Å². The Balaban J connectivity index is 2.27. The number of ether oxygens (including phenoxy) is 1. The van der Waals surface area contributed by atoms with Gasteiger partial charge in [0, 0.05) is 0 Å². The number of carboxylic acid groups (broad SMARTS) is 1. The van der Waals surface area contributed by atoms with Crippen molar-refractivity contribution in [1.29, 1.82) is 0 Å². The lowest BCUT2D eigenvalue weighted by Gasteiger charge is -2.07. The van der Waals surface area contributed by atoms with Crippen molar-refractivity contribution in [3.8, 4) is 5.75 Å². The maximum atomic E-state index is 12.1. The van der Waals surface area contributed by atoms with Crippen LogP contribution in [0.3, 0.4) is 0 Å². The van der Waals surface area contributed by atoms with Gasteiger partial charge in [0.05, 0.1) is 11.8 Å². The van der Waals surface area contributed by atoms with Crippen LogP contribution in [0.15, 0.2) is 47.1 Å². The first-order valence-electron chi connectivity index (χ1n) is 5.20. The smallest absolute Gasteiger partial charge is 0.341 e. The van der Waals surface area contributed by atoms with E-state index in [0.29, 0.717) is 0 Å². The predicted molar refractivity (Wildman–Crippen MR) is 61.7 cm³/mol. The maximum absolute atomic E-state index is 12.1. The predicted octanol–water partition coefficient (Wildman–Crippen LogP) is 1.97. The van der Waals surface area contributed by atoms with E-state index in [1.807, 2.05) is 0 Å². The molecular weight excluding hydrogens is 236 g/mol. The van der Waals surface area contributed by atoms with Gasteiger partial charge in [0.2, 0.25) is 5.78 Å². The number of furan rings is 1. The molecule has 5 heteroatoms. The Kier molecular flexibility index (Phi) is 3.43. The fourth-order valence-electron chi connectivity index (χ4n) is 1.46. The van der Waals surface area contributed by atoms with Crippen molar-refractivity contribution in [1.82, 2.24) is 0 Å². The van der Waals surface area contributed by atoms with Gasteiger partial charge in [-0.25, -0.2) is 4.79 Å². The summed E-state index contributed by atoms with van der Waals surface area (Å²) >= 11 is 0. The summed E-state index contributed by atoms with van der Waals surface area (Å²) in [4.78, 5) is 22.5. The number of ketones is 1. The zero-order valence-corrected chi connectivity index (χ0v) is 9.33. The van der Waals surface area contributed by atoms with Crippen molar-refractivity contribution in [2.45, 2.75) is 0 Å². The Labute approximate surface area is 103 Å². The standard InChI is InChI=1S/C13H10O5/c14-12(15)8-18-10-5-2-1-4-9(10)13(16)11-6-3-7-17-11/h1-7H,8H2,(H,14,15). The van der Waals surface area contributed by atoms with E-state index in [1.54, 1.807) is 30.3 Å². The Bertz CT molecular complexity index is 557. The molecule has 18 heavy (non-hydrogen) atoms. The highest BCUT2D eigenvalue weighted by atomic mass is 16.5. The van der Waals surface area contributed by atoms with Gasteiger partial charge >= 0.3 is 5.97 Å². The summed E-state index contributed by atoms with van der Waals surface area (Å²) in [5.41, 5.74) is 0.272. The largest absolute Gasteiger partial charge is 0.481 e. The second kappa shape index (κ2) is 5.18. The first-order chi connectivity index (χ1) is 8.68. The van der Waals surface area contributed by atoms with Gasteiger partial charge in [-0.1, -0.05) is 12.1 Å². The molecule has 0 spiro atoms. The molecule has 0 amide bonds. The molecule has 0 fully saturated rings. The minimum Gasteiger partial charge on any atom is -0.481 e. The van der Waals surface area contributed by atoms with Crippen molar-refractivity contribution in [2.75, 3.05) is 6.61 Å². The van der Waals surface area contributed by atoms with E-state index in [-0.39, 0.29) is 22.9 Å². The molecule has 1 N–H and O–H groups in total. The number of benzene rings is 1. The zero-order chi connectivity index (χ0) is 13.0. The molecule has 1 heterocycles. The summed E-state index contributed by atoms with van der Waals surface area (Å²) in [6, 6.07) is 9.57. The highest BCUT2D eigenvalue weighted by molar-refractivity contribution is 6.08. The van der Waals surface area contributed by atoms with Crippen molar-refractivity contribution in [3.05, 3.63) is 54.0 Å². The molecule has 2 aromatic rings. The SMILES string of the molecule is O=C(O)COc1ccccc1C(=O)c1ccco1. The quantitative estimate of drug-likeness (QED) is 0.816. The molecule has 0 saturated carbocycles. The van der Waals surface area contributed by atoms with Crippen LogP contribution in [0.4, 0.5) is 0 Å². The molecule has 1 aromatic heterocycles. The number of carbonyl (C=O) groups is 2. The highest BCUT2D eigenvalue weighted by Gasteiger charge is 2.16. The molecule has 5 nitrogen and oxygen atoms in total. The minimum atomic E-state index is -1.10. The molecule has 0 bridgehead atoms. The lowest BCUT2D eigenvalue weighted by atomic mass is 10.1. The third kappa shape index (κ3) is 2.57. The van der Waals surface area contributed by atoms with Gasteiger partial charge in [-0.15, -0.1) is 0 Å². The van der Waals surface area contributed by atoms with Crippen molar-refractivity contribution < 1.29 is 23.8 Å². The number of hydrogen-bond acceptors (Lipinski definition) is 4. The molecule has 0 aliphatic rings. The second-order valence-corrected chi connectivity index (χ2v) is 3.48. The van der Waals surface area contributed by atoms with Gasteiger partial charge in [-0.2, -0.15) is 0 Å². The van der Waals surface area contributed by atoms with Gasteiger partial charge in [0.1, 0.15) is 5.75 Å². The average Bonchev–Trinajstić information content (AvgIpc) is 2.89. The summed E-state index contributed by atoms with van der Waals surface area (Å²) in [5.74, 6) is -1.04. The Morgan fingerprint density at radius 2 is 1.94 bits per heavy atom. The zero-order valence-electron chi connectivity index (χ0n) is 9.33. The normalized spacial score (nSPS) is 10.0. The van der Waals surface area contributed by atoms with Crippen molar-refractivity contribution in [3.63, 3.8) is 0 Å². The summed E-state index contributed by atoms with van der Waals surface area (Å²) in [6.07, 6.45) is 1.40. The van der Waals surface area contributed by atoms with Gasteiger partial charge in [-0.05, 0) is 24.3 Å². The maximum Gasteiger partial charge on any atom is 0.341 e. The lowest BCUT2D eigenvalue weighted by molar-refractivity contribution is -0.139. The molecule has 0 radical (unpaired) electrons. The first kappa shape index (κ1) is 11.9. The molecule has 1 aromatic carbocycles. The average molecular weight is 246 g/mol. The molecule has 92 valence electrons. The summed E-state index contributed by atoms with van der Waals surface area (Å²) in [7, 11) is 0. The molecule has 0 saturated heterocycles. The van der Waals surface area contributed by atoms with Crippen molar-refractivity contribution >= 4 is 11.8 Å². The number of para-hydroxylation sites is 1. The third-order valence-electron chi connectivity index (χ3n) is 2.23. The monoisotopic (exact) mass is 246 g/mol. The fraction of sp³-hybridized carbons (Fsp3) is 0.0769. The van der Waals surface area contributed by atoms with Crippen LogP contribution in [0.25, 0.3) is 0 Å². The van der Waals surface area contributed by atoms with E-state index >= 15 is 0 Å². The van der Waals surface area contributed by atoms with Gasteiger partial charge < -0.3 is 14.3 Å². The van der Waals surface area contributed by atoms with E-state index in [9.17, 15) is 9.59 Å². The summed E-state index contributed by atoms with van der Waals surface area (Å²) < 4.78 is 10.1. The Hall–Kier alpha value is -2.56. The molecule has 0 aliphatic carbocycles. The van der Waals surface area contributed by atoms with Gasteiger partial charge in [0.15, 0.2) is 12.4 Å². The van der Waals surface area contributed by atoms with E-state index in [2.05, 4.69) is 0 Å². The molecule has 2 rings (SSSR count). The molecule has 0 unspecified atom stereocenters. The molecule has 0 atom stereocenters. The Morgan fingerprint density at radius 1 is 1.17 bits per heavy atom. The van der Waals surface area contributed by atoms with Crippen LogP contribution in [0.5, 0.6) is 5.75 Å². The van der Waals surface area contributed by atoms with Crippen LogP contribution in [0.2, 0.25) is 0 Å². The number of carbonyl (C=O) groups excluding carboxylic acids is 1. The lowest BCUT2D eigenvalue weighted by Crippen LogP contribution is -2.12. The summed E-state index contributed by atoms with van der Waals surface area (Å²) in [6.45, 7) is -0.498. The molecular formula is C13H10O5. The van der Waals surface area contributed by atoms with Crippen LogP contribution in [0, 0.1) is 0 Å². The second-order valence-electron chi connectivity index (χ2n) is 3.48. The number of aliphatic carboxylic acids is 1. The number of hydrogen-bond donors (Lipinski definition) is 1. The summed E-state index contributed by atoms with van der Waals surface area (Å²) in [5, 5.41) is 8.56. The molecule has 0 aliphatic heterocycles. The Morgan fingerprint density at radius 3 is 2.61 bits per heavy atom. The van der Waals surface area contributed by atoms with Crippen LogP contribution in [-0.2, 0) is 4.79 Å². The van der Waals surface area contributed by atoms with Crippen LogP contribution >= 0.6 is 0 Å². The van der Waals surface area contributed by atoms with E-state index in [4.69, 9.17) is 14.3 Å². The minimum absolute atomic E-state index is 0.182. The van der Waals surface area contributed by atoms with Crippen LogP contribution in [0.1, 0.15) is 16.1 Å². The third-order valence-corrected chi connectivity index (χ3v) is 2.23. The van der Waals surface area contributed by atoms with Crippen LogP contribution in [-0.4, -0.2) is 23.5 Å². The number of carboxylic acids is 1. The number of rotatable bonds is 5. The highest BCUT2D eigenvalue weighted by Crippen LogP contribution is 2.21. The van der Waals surface area contributed by atoms with Gasteiger partial charge in [0.25, 0.3) is 0 Å². The van der Waals surface area contributed by atoms with Crippen LogP contribution < -0.4 is 4.74 Å². The van der Waals surface area contributed by atoms with E-state index in [1.165, 1.54) is 12.3 Å². The van der Waals surface area contributed by atoms with Gasteiger partial charge in [-0.3, -0.25) is 4.79 Å². The van der Waals surface area contributed by atoms with Crippen molar-refractivity contribution in [2.24, 2.45) is 0 Å². The fourth-order valence-corrected chi connectivity index (χ4v) is 1.46. The van der Waals surface area contributed by atoms with E-state index < -0.39 is 12.6 Å².